The third kappa shape index (κ3) is 6.80. The monoisotopic (exact) mass is 890 g/mol. The van der Waals surface area contributed by atoms with Crippen LogP contribution in [0, 0.1) is 11.8 Å². The molecule has 6 aromatic heterocycles. The van der Waals surface area contributed by atoms with Gasteiger partial charge in [-0.05, 0) is 24.3 Å². The van der Waals surface area contributed by atoms with Gasteiger partial charge in [0.1, 0.15) is 23.3 Å². The zero-order valence-corrected chi connectivity index (χ0v) is 38.0. The Kier molecular flexibility index (Phi) is 10.1. The molecule has 0 bridgehead atoms. The molecule has 2 aromatic carbocycles. The third-order valence-electron chi connectivity index (χ3n) is 13.9. The standard InChI is InChI=1S/C47H54N16O3/c1-5-35-48-31-11-7-9-13-33(31)62(35)45-52-41-39(43(54-45)58-15-19-65-20-16-58)50-37(56(41)3)23-29-25-60(26-29)47(64)61-27-30(28-61)24-38-51-40-42(57(38)4)53-46(55-44(40)59-17-21-66-22-18-59)63-34-14-10-8-12-32(34)49-36(63)6-2/h7-14,29-30H,5-6,15-28H2,1-4H3. The van der Waals surface area contributed by atoms with Gasteiger partial charge in [-0.15, -0.1) is 0 Å². The lowest BCUT2D eigenvalue weighted by Crippen LogP contribution is -2.61. The zero-order chi connectivity index (χ0) is 44.6. The number of morpholine rings is 2. The van der Waals surface area contributed by atoms with Crippen molar-refractivity contribution >= 4 is 62.1 Å². The summed E-state index contributed by atoms with van der Waals surface area (Å²) in [5.41, 5.74) is 6.97. The third-order valence-corrected chi connectivity index (χ3v) is 13.9. The molecule has 4 aliphatic heterocycles. The molecule has 10 heterocycles. The predicted octanol–water partition coefficient (Wildman–Crippen LogP) is 4.28. The maximum absolute atomic E-state index is 13.8. The highest BCUT2D eigenvalue weighted by atomic mass is 16.5. The second kappa shape index (κ2) is 16.3. The van der Waals surface area contributed by atoms with E-state index in [1.165, 1.54) is 0 Å². The molecule has 4 fully saturated rings. The van der Waals surface area contributed by atoms with E-state index in [4.69, 9.17) is 49.3 Å². The summed E-state index contributed by atoms with van der Waals surface area (Å²) in [4.78, 5) is 63.2. The van der Waals surface area contributed by atoms with Gasteiger partial charge in [-0.3, -0.25) is 9.13 Å². The fourth-order valence-electron chi connectivity index (χ4n) is 10.2. The van der Waals surface area contributed by atoms with Crippen molar-refractivity contribution in [2.75, 3.05) is 88.6 Å². The van der Waals surface area contributed by atoms with E-state index in [2.05, 4.69) is 54.0 Å². The normalized spacial score (nSPS) is 17.5. The summed E-state index contributed by atoms with van der Waals surface area (Å²) >= 11 is 0. The van der Waals surface area contributed by atoms with Crippen LogP contribution < -0.4 is 9.80 Å². The van der Waals surface area contributed by atoms with Crippen molar-refractivity contribution in [2.45, 2.75) is 39.5 Å². The zero-order valence-electron chi connectivity index (χ0n) is 38.0. The van der Waals surface area contributed by atoms with Crippen LogP contribution in [0.4, 0.5) is 16.4 Å². The highest BCUT2D eigenvalue weighted by molar-refractivity contribution is 5.87. The first-order chi connectivity index (χ1) is 32.3. The van der Waals surface area contributed by atoms with Gasteiger partial charge in [-0.2, -0.15) is 19.9 Å². The number of ether oxygens (including phenoxy) is 2. The molecule has 0 atom stereocenters. The minimum Gasteiger partial charge on any atom is -0.378 e. The van der Waals surface area contributed by atoms with Crippen LogP contribution in [0.5, 0.6) is 0 Å². The first kappa shape index (κ1) is 40.8. The van der Waals surface area contributed by atoms with Crippen molar-refractivity contribution in [1.29, 1.82) is 0 Å². The predicted molar refractivity (Wildman–Crippen MR) is 250 cm³/mol. The fraction of sp³-hybridized carbons (Fsp3) is 0.468. The lowest BCUT2D eigenvalue weighted by atomic mass is 9.94. The number of benzene rings is 2. The van der Waals surface area contributed by atoms with Crippen LogP contribution in [0.15, 0.2) is 48.5 Å². The van der Waals surface area contributed by atoms with Gasteiger partial charge in [0.2, 0.25) is 11.9 Å². The Morgan fingerprint density at radius 3 is 1.36 bits per heavy atom. The van der Waals surface area contributed by atoms with Crippen molar-refractivity contribution < 1.29 is 14.3 Å². The molecular formula is C47H54N16O3. The van der Waals surface area contributed by atoms with E-state index >= 15 is 0 Å². The second-order valence-electron chi connectivity index (χ2n) is 18.1. The first-order valence-electron chi connectivity index (χ1n) is 23.4. The minimum absolute atomic E-state index is 0.103. The fourth-order valence-corrected chi connectivity index (χ4v) is 10.2. The average Bonchev–Trinajstić information content (AvgIpc) is 4.08. The molecule has 2 amide bonds. The van der Waals surface area contributed by atoms with Crippen LogP contribution in [0.3, 0.4) is 0 Å². The molecule has 0 spiro atoms. The molecule has 4 aliphatic rings. The molecule has 0 radical (unpaired) electrons. The van der Waals surface area contributed by atoms with E-state index < -0.39 is 0 Å². The largest absolute Gasteiger partial charge is 0.378 e. The molecule has 8 aromatic rings. The van der Waals surface area contributed by atoms with E-state index in [9.17, 15) is 4.79 Å². The number of likely N-dealkylation sites (tertiary alicyclic amines) is 2. The van der Waals surface area contributed by atoms with Crippen molar-refractivity contribution in [3.8, 4) is 11.9 Å². The number of imidazole rings is 4. The molecule has 0 saturated carbocycles. The Bertz CT molecular complexity index is 2940. The highest BCUT2D eigenvalue weighted by Crippen LogP contribution is 2.33. The number of anilines is 2. The quantitative estimate of drug-likeness (QED) is 0.191. The summed E-state index contributed by atoms with van der Waals surface area (Å²) in [6.07, 6.45) is 2.97. The van der Waals surface area contributed by atoms with Crippen LogP contribution in [0.2, 0.25) is 0 Å². The molecular weight excluding hydrogens is 837 g/mol. The molecule has 0 aliphatic carbocycles. The number of fused-ring (bicyclic) bond motifs is 4. The van der Waals surface area contributed by atoms with Gasteiger partial charge in [0, 0.05) is 104 Å². The van der Waals surface area contributed by atoms with Crippen LogP contribution in [-0.2, 0) is 49.3 Å². The number of carbonyl (C=O) groups excluding carboxylic acids is 1. The Morgan fingerprint density at radius 2 is 0.955 bits per heavy atom. The van der Waals surface area contributed by atoms with E-state index in [1.54, 1.807) is 0 Å². The molecule has 4 saturated heterocycles. The smallest absolute Gasteiger partial charge is 0.320 e. The Labute approximate surface area is 381 Å². The minimum atomic E-state index is 0.103. The van der Waals surface area contributed by atoms with Crippen molar-refractivity contribution in [2.24, 2.45) is 25.9 Å². The number of hydrogen-bond acceptors (Lipinski definition) is 13. The molecule has 12 rings (SSSR count). The van der Waals surface area contributed by atoms with Gasteiger partial charge in [0.25, 0.3) is 0 Å². The van der Waals surface area contributed by atoms with Gasteiger partial charge in [0.05, 0.1) is 48.5 Å². The lowest BCUT2D eigenvalue weighted by molar-refractivity contribution is 0.0520. The molecule has 66 heavy (non-hydrogen) atoms. The van der Waals surface area contributed by atoms with Gasteiger partial charge in [-0.1, -0.05) is 38.1 Å². The number of hydrogen-bond donors (Lipinski definition) is 0. The summed E-state index contributed by atoms with van der Waals surface area (Å²) in [5, 5.41) is 0. The van der Waals surface area contributed by atoms with Crippen molar-refractivity contribution in [3.63, 3.8) is 0 Å². The Morgan fingerprint density at radius 1 is 0.545 bits per heavy atom. The summed E-state index contributed by atoms with van der Waals surface area (Å²) in [5.74, 6) is 7.14. The van der Waals surface area contributed by atoms with Gasteiger partial charge in [-0.25, -0.2) is 24.7 Å². The number of aryl methyl sites for hydroxylation is 4. The number of aromatic nitrogens is 12. The van der Waals surface area contributed by atoms with E-state index in [1.807, 2.05) is 60.3 Å². The maximum Gasteiger partial charge on any atom is 0.320 e. The van der Waals surface area contributed by atoms with E-state index in [0.717, 1.165) is 131 Å². The topological polar surface area (TPSA) is 171 Å². The molecule has 19 nitrogen and oxygen atoms in total. The second-order valence-corrected chi connectivity index (χ2v) is 18.1. The summed E-state index contributed by atoms with van der Waals surface area (Å²) in [6, 6.07) is 16.4. The Hall–Kier alpha value is -6.73. The number of amides is 2. The molecule has 0 N–H and O–H groups in total. The summed E-state index contributed by atoms with van der Waals surface area (Å²) < 4.78 is 19.8. The summed E-state index contributed by atoms with van der Waals surface area (Å²) in [6.45, 7) is 12.5. The molecule has 340 valence electrons. The van der Waals surface area contributed by atoms with Crippen LogP contribution in [-0.4, -0.2) is 153 Å². The van der Waals surface area contributed by atoms with Crippen molar-refractivity contribution in [3.05, 3.63) is 71.8 Å². The number of rotatable bonds is 10. The molecule has 19 heteroatoms. The maximum atomic E-state index is 13.8. The van der Waals surface area contributed by atoms with Crippen molar-refractivity contribution in [1.82, 2.24) is 67.9 Å². The van der Waals surface area contributed by atoms with Gasteiger partial charge >= 0.3 is 6.03 Å². The lowest BCUT2D eigenvalue weighted by Gasteiger charge is -2.47. The van der Waals surface area contributed by atoms with E-state index in [-0.39, 0.29) is 6.03 Å². The number of nitrogens with zero attached hydrogens (tertiary/aromatic N) is 16. The average molecular weight is 891 g/mol. The SMILES string of the molecule is CCc1nc2ccccc2n1-c1nc(N2CCOCC2)c2nc(CC3CN(C(=O)N4CC(Cc5nc6c(N7CCOCC7)nc(-n7c(CC)nc8ccccc87)nc6n5C)C4)C3)n(C)c2n1. The van der Waals surface area contributed by atoms with Gasteiger partial charge in [0.15, 0.2) is 34.0 Å². The van der Waals surface area contributed by atoms with Gasteiger partial charge < -0.3 is 38.2 Å². The number of urea groups is 1. The van der Waals surface area contributed by atoms with Crippen LogP contribution in [0.1, 0.15) is 37.1 Å². The Balaban J connectivity index is 0.742. The first-order valence-corrected chi connectivity index (χ1v) is 23.4. The number of para-hydroxylation sites is 4. The molecule has 0 unspecified atom stereocenters. The van der Waals surface area contributed by atoms with E-state index in [0.29, 0.717) is 76.3 Å². The highest BCUT2D eigenvalue weighted by Gasteiger charge is 2.40. The van der Waals surface area contributed by atoms with Crippen LogP contribution in [0.25, 0.3) is 56.3 Å². The number of carbonyl (C=O) groups is 1. The summed E-state index contributed by atoms with van der Waals surface area (Å²) in [7, 11) is 4.09. The van der Waals surface area contributed by atoms with Crippen LogP contribution >= 0.6 is 0 Å².